The van der Waals surface area contributed by atoms with Crippen LogP contribution in [0.4, 0.5) is 0 Å². The molecular formula is C12H21NO2. The second kappa shape index (κ2) is 8.24. The van der Waals surface area contributed by atoms with E-state index in [4.69, 9.17) is 0 Å². The van der Waals surface area contributed by atoms with Crippen molar-refractivity contribution in [2.75, 3.05) is 0 Å². The molecule has 0 spiro atoms. The minimum atomic E-state index is -0.356. The number of carbonyl (C=O) groups is 1. The SMILES string of the molecule is C=CC[C@H](C[C@H](O)CCC)NC(=O)C=C. The molecule has 0 heterocycles. The first-order valence-corrected chi connectivity index (χ1v) is 5.35. The Bertz CT molecular complexity index is 214. The van der Waals surface area contributed by atoms with Crippen molar-refractivity contribution < 1.29 is 9.90 Å². The highest BCUT2D eigenvalue weighted by molar-refractivity contribution is 5.87. The lowest BCUT2D eigenvalue weighted by molar-refractivity contribution is -0.117. The number of aliphatic hydroxyl groups excluding tert-OH is 1. The van der Waals surface area contributed by atoms with Gasteiger partial charge in [0.05, 0.1) is 6.10 Å². The van der Waals surface area contributed by atoms with Crippen LogP contribution in [0.5, 0.6) is 0 Å². The number of nitrogens with one attached hydrogen (secondary N) is 1. The van der Waals surface area contributed by atoms with E-state index >= 15 is 0 Å². The number of rotatable bonds is 8. The van der Waals surface area contributed by atoms with Crippen LogP contribution in [0.3, 0.4) is 0 Å². The van der Waals surface area contributed by atoms with Crippen molar-refractivity contribution in [3.05, 3.63) is 25.3 Å². The highest BCUT2D eigenvalue weighted by atomic mass is 16.3. The van der Waals surface area contributed by atoms with Gasteiger partial charge < -0.3 is 10.4 Å². The van der Waals surface area contributed by atoms with Gasteiger partial charge in [-0.25, -0.2) is 0 Å². The van der Waals surface area contributed by atoms with Gasteiger partial charge in [0.2, 0.25) is 5.91 Å². The Morgan fingerprint density at radius 1 is 1.53 bits per heavy atom. The van der Waals surface area contributed by atoms with Crippen molar-refractivity contribution in [1.82, 2.24) is 5.32 Å². The molecule has 0 rings (SSSR count). The van der Waals surface area contributed by atoms with Gasteiger partial charge in [-0.15, -0.1) is 6.58 Å². The molecule has 2 atom stereocenters. The van der Waals surface area contributed by atoms with Crippen LogP contribution in [0.15, 0.2) is 25.3 Å². The van der Waals surface area contributed by atoms with Crippen molar-refractivity contribution in [2.45, 2.75) is 44.8 Å². The van der Waals surface area contributed by atoms with Gasteiger partial charge in [-0.3, -0.25) is 4.79 Å². The molecule has 0 aliphatic heterocycles. The van der Waals surface area contributed by atoms with Crippen molar-refractivity contribution in [2.24, 2.45) is 0 Å². The molecule has 0 aromatic heterocycles. The minimum absolute atomic E-state index is 0.0467. The lowest BCUT2D eigenvalue weighted by atomic mass is 10.0. The molecule has 0 aliphatic carbocycles. The highest BCUT2D eigenvalue weighted by Crippen LogP contribution is 2.08. The average Bonchev–Trinajstić information content (AvgIpc) is 2.18. The second-order valence-corrected chi connectivity index (χ2v) is 3.61. The van der Waals surface area contributed by atoms with Gasteiger partial charge in [-0.05, 0) is 25.3 Å². The average molecular weight is 211 g/mol. The molecule has 15 heavy (non-hydrogen) atoms. The molecule has 0 aromatic carbocycles. The van der Waals surface area contributed by atoms with E-state index in [2.05, 4.69) is 18.5 Å². The Labute approximate surface area is 91.9 Å². The smallest absolute Gasteiger partial charge is 0.243 e. The van der Waals surface area contributed by atoms with Gasteiger partial charge in [-0.2, -0.15) is 0 Å². The minimum Gasteiger partial charge on any atom is -0.393 e. The molecule has 0 fully saturated rings. The van der Waals surface area contributed by atoms with Crippen molar-refractivity contribution in [3.8, 4) is 0 Å². The number of hydrogen-bond acceptors (Lipinski definition) is 2. The summed E-state index contributed by atoms with van der Waals surface area (Å²) in [6, 6.07) is -0.0467. The van der Waals surface area contributed by atoms with E-state index in [9.17, 15) is 9.90 Å². The van der Waals surface area contributed by atoms with E-state index < -0.39 is 0 Å². The zero-order valence-electron chi connectivity index (χ0n) is 9.41. The standard InChI is InChI=1S/C12H21NO2/c1-4-7-10(13-12(15)6-3)9-11(14)8-5-2/h4,6,10-11,14H,1,3,5,7-9H2,2H3,(H,13,15)/t10-,11-/m1/s1. The summed E-state index contributed by atoms with van der Waals surface area (Å²) in [5.74, 6) is -0.203. The first-order chi connectivity index (χ1) is 7.13. The van der Waals surface area contributed by atoms with Gasteiger partial charge in [0, 0.05) is 6.04 Å². The summed E-state index contributed by atoms with van der Waals surface area (Å²) in [5, 5.41) is 12.4. The van der Waals surface area contributed by atoms with E-state index in [1.807, 2.05) is 6.92 Å². The normalized spacial score (nSPS) is 14.0. The Morgan fingerprint density at radius 2 is 2.20 bits per heavy atom. The Hall–Kier alpha value is -1.09. The Morgan fingerprint density at radius 3 is 2.67 bits per heavy atom. The molecule has 0 saturated carbocycles. The first kappa shape index (κ1) is 13.9. The molecule has 0 saturated heterocycles. The molecule has 0 aromatic rings. The van der Waals surface area contributed by atoms with E-state index in [1.165, 1.54) is 6.08 Å². The fourth-order valence-corrected chi connectivity index (χ4v) is 1.45. The topological polar surface area (TPSA) is 49.3 Å². The van der Waals surface area contributed by atoms with Crippen LogP contribution < -0.4 is 5.32 Å². The predicted octanol–water partition coefficient (Wildman–Crippen LogP) is 1.78. The first-order valence-electron chi connectivity index (χ1n) is 5.35. The summed E-state index contributed by atoms with van der Waals surface area (Å²) >= 11 is 0. The maximum atomic E-state index is 11.1. The van der Waals surface area contributed by atoms with Gasteiger partial charge in [-0.1, -0.05) is 26.0 Å². The molecule has 0 radical (unpaired) electrons. The van der Waals surface area contributed by atoms with Crippen LogP contribution in [0.2, 0.25) is 0 Å². The largest absolute Gasteiger partial charge is 0.393 e. The van der Waals surface area contributed by atoms with E-state index in [0.29, 0.717) is 12.8 Å². The second-order valence-electron chi connectivity index (χ2n) is 3.61. The number of carbonyl (C=O) groups excluding carboxylic acids is 1. The summed E-state index contributed by atoms with van der Waals surface area (Å²) in [6.07, 6.45) is 5.56. The molecule has 3 heteroatoms. The van der Waals surface area contributed by atoms with Gasteiger partial charge in [0.1, 0.15) is 0 Å². The number of hydrogen-bond donors (Lipinski definition) is 2. The predicted molar refractivity (Wildman–Crippen MR) is 62.5 cm³/mol. The summed E-state index contributed by atoms with van der Waals surface area (Å²) in [6.45, 7) is 9.04. The van der Waals surface area contributed by atoms with Crippen LogP contribution in [-0.4, -0.2) is 23.2 Å². The monoisotopic (exact) mass is 211 g/mol. The maximum absolute atomic E-state index is 11.1. The molecule has 0 bridgehead atoms. The van der Waals surface area contributed by atoms with Gasteiger partial charge >= 0.3 is 0 Å². The van der Waals surface area contributed by atoms with E-state index in [-0.39, 0.29) is 18.1 Å². The van der Waals surface area contributed by atoms with Crippen LogP contribution in [0.25, 0.3) is 0 Å². The zero-order valence-corrected chi connectivity index (χ0v) is 9.41. The molecule has 1 amide bonds. The number of aliphatic hydroxyl groups is 1. The van der Waals surface area contributed by atoms with Gasteiger partial charge in [0.25, 0.3) is 0 Å². The van der Waals surface area contributed by atoms with Crippen molar-refractivity contribution in [3.63, 3.8) is 0 Å². The molecule has 3 nitrogen and oxygen atoms in total. The molecule has 0 aliphatic rings. The summed E-state index contributed by atoms with van der Waals surface area (Å²) < 4.78 is 0. The van der Waals surface area contributed by atoms with Crippen molar-refractivity contribution >= 4 is 5.91 Å². The molecule has 86 valence electrons. The lowest BCUT2D eigenvalue weighted by Gasteiger charge is -2.19. The fraction of sp³-hybridized carbons (Fsp3) is 0.583. The highest BCUT2D eigenvalue weighted by Gasteiger charge is 2.13. The molecule has 0 unspecified atom stereocenters. The summed E-state index contributed by atoms with van der Waals surface area (Å²) in [5.41, 5.74) is 0. The third kappa shape index (κ3) is 6.91. The summed E-state index contributed by atoms with van der Waals surface area (Å²) in [4.78, 5) is 11.1. The quantitative estimate of drug-likeness (QED) is 0.475. The third-order valence-electron chi connectivity index (χ3n) is 2.16. The Kier molecular flexibility index (Phi) is 7.64. The lowest BCUT2D eigenvalue weighted by Crippen LogP contribution is -2.36. The van der Waals surface area contributed by atoms with Crippen LogP contribution in [0.1, 0.15) is 32.6 Å². The van der Waals surface area contributed by atoms with Crippen molar-refractivity contribution in [1.29, 1.82) is 0 Å². The Balaban J connectivity index is 4.07. The summed E-state index contributed by atoms with van der Waals surface area (Å²) in [7, 11) is 0. The fourth-order valence-electron chi connectivity index (χ4n) is 1.45. The molecule has 2 N–H and O–H groups in total. The van der Waals surface area contributed by atoms with Crippen LogP contribution in [0, 0.1) is 0 Å². The van der Waals surface area contributed by atoms with E-state index in [1.54, 1.807) is 6.08 Å². The van der Waals surface area contributed by atoms with E-state index in [0.717, 1.165) is 12.8 Å². The number of amides is 1. The third-order valence-corrected chi connectivity index (χ3v) is 2.16. The molecular weight excluding hydrogens is 190 g/mol. The van der Waals surface area contributed by atoms with Crippen LogP contribution >= 0.6 is 0 Å². The zero-order chi connectivity index (χ0) is 11.7. The van der Waals surface area contributed by atoms with Gasteiger partial charge in [0.15, 0.2) is 0 Å². The van der Waals surface area contributed by atoms with Crippen LogP contribution in [-0.2, 0) is 4.79 Å². The maximum Gasteiger partial charge on any atom is 0.243 e.